The number of benzene rings is 2. The van der Waals surface area contributed by atoms with Crippen molar-refractivity contribution < 1.29 is 28.5 Å². The summed E-state index contributed by atoms with van der Waals surface area (Å²) in [6.45, 7) is 1.39. The minimum atomic E-state index is -0.365. The van der Waals surface area contributed by atoms with Gasteiger partial charge in [-0.15, -0.1) is 0 Å². The third-order valence-electron chi connectivity index (χ3n) is 6.67. The van der Waals surface area contributed by atoms with Gasteiger partial charge in [-0.05, 0) is 69.2 Å². The van der Waals surface area contributed by atoms with Crippen molar-refractivity contribution in [3.8, 4) is 23.0 Å². The van der Waals surface area contributed by atoms with Crippen molar-refractivity contribution in [3.05, 3.63) is 41.5 Å². The van der Waals surface area contributed by atoms with E-state index in [4.69, 9.17) is 18.9 Å². The predicted octanol–water partition coefficient (Wildman–Crippen LogP) is 4.91. The Hall–Kier alpha value is -3.42. The molecule has 1 N–H and O–H groups in total. The highest BCUT2D eigenvalue weighted by Crippen LogP contribution is 2.36. The van der Waals surface area contributed by atoms with Crippen LogP contribution in [0.25, 0.3) is 0 Å². The first-order valence-corrected chi connectivity index (χ1v) is 12.3. The Morgan fingerprint density at radius 2 is 1.43 bits per heavy atom. The lowest BCUT2D eigenvalue weighted by Gasteiger charge is -2.28. The predicted molar refractivity (Wildman–Crippen MR) is 133 cm³/mol. The molecule has 1 aliphatic heterocycles. The van der Waals surface area contributed by atoms with Gasteiger partial charge in [-0.2, -0.15) is 0 Å². The molecule has 1 aliphatic carbocycles. The summed E-state index contributed by atoms with van der Waals surface area (Å²) in [6, 6.07) is 8.38. The van der Waals surface area contributed by atoms with Gasteiger partial charge in [-0.25, -0.2) is 0 Å². The number of hydrogen-bond donors (Lipinski definition) is 1. The molecule has 2 aliphatic rings. The van der Waals surface area contributed by atoms with Crippen LogP contribution in [0.15, 0.2) is 30.3 Å². The van der Waals surface area contributed by atoms with Crippen molar-refractivity contribution in [3.63, 3.8) is 0 Å². The number of carbonyl (C=O) groups is 2. The molecule has 2 aromatic rings. The second-order valence-corrected chi connectivity index (χ2v) is 8.95. The number of nitrogens with one attached hydrogen (secondary N) is 1. The number of carbonyl (C=O) groups excluding carboxylic acids is 2. The highest BCUT2D eigenvalue weighted by Gasteiger charge is 2.25. The second kappa shape index (κ2) is 11.3. The highest BCUT2D eigenvalue weighted by atomic mass is 16.5. The molecule has 8 heteroatoms. The molecule has 0 spiro atoms. The summed E-state index contributed by atoms with van der Waals surface area (Å²) >= 11 is 0. The van der Waals surface area contributed by atoms with Crippen LogP contribution in [0.2, 0.25) is 0 Å². The molecule has 1 heterocycles. The summed E-state index contributed by atoms with van der Waals surface area (Å²) in [6.07, 6.45) is 7.61. The Balaban J connectivity index is 1.60. The molecular formula is C27H34N2O6. The van der Waals surface area contributed by atoms with E-state index in [0.717, 1.165) is 44.9 Å². The number of nitrogens with zero attached hydrogens (tertiary/aromatic N) is 1. The maximum Gasteiger partial charge on any atom is 0.256 e. The maximum atomic E-state index is 13.4. The molecule has 0 aromatic heterocycles. The molecule has 35 heavy (non-hydrogen) atoms. The molecule has 4 rings (SSSR count). The Kier molecular flexibility index (Phi) is 8.00. The van der Waals surface area contributed by atoms with E-state index in [-0.39, 0.29) is 17.9 Å². The van der Waals surface area contributed by atoms with E-state index in [1.54, 1.807) is 37.4 Å². The third kappa shape index (κ3) is 5.63. The van der Waals surface area contributed by atoms with Gasteiger partial charge >= 0.3 is 0 Å². The van der Waals surface area contributed by atoms with Crippen LogP contribution in [0.3, 0.4) is 0 Å². The van der Waals surface area contributed by atoms with Crippen LogP contribution in [0.4, 0.5) is 5.69 Å². The summed E-state index contributed by atoms with van der Waals surface area (Å²) in [7, 11) is 4.60. The highest BCUT2D eigenvalue weighted by molar-refractivity contribution is 6.09. The van der Waals surface area contributed by atoms with Crippen LogP contribution >= 0.6 is 0 Å². The van der Waals surface area contributed by atoms with Crippen LogP contribution in [-0.2, 0) is 0 Å². The van der Waals surface area contributed by atoms with Crippen molar-refractivity contribution >= 4 is 17.5 Å². The first kappa shape index (κ1) is 24.7. The van der Waals surface area contributed by atoms with Crippen LogP contribution in [-0.4, -0.2) is 57.2 Å². The van der Waals surface area contributed by atoms with Gasteiger partial charge in [0, 0.05) is 24.7 Å². The lowest BCUT2D eigenvalue weighted by atomic mass is 10.1. The third-order valence-corrected chi connectivity index (χ3v) is 6.67. The topological polar surface area (TPSA) is 86.3 Å². The van der Waals surface area contributed by atoms with Crippen molar-refractivity contribution in [2.75, 3.05) is 39.7 Å². The molecule has 2 amide bonds. The van der Waals surface area contributed by atoms with E-state index in [9.17, 15) is 9.59 Å². The monoisotopic (exact) mass is 482 g/mol. The number of rotatable bonds is 8. The lowest BCUT2D eigenvalue weighted by molar-refractivity contribution is 0.0725. The van der Waals surface area contributed by atoms with Gasteiger partial charge in [0.05, 0.1) is 38.7 Å². The summed E-state index contributed by atoms with van der Waals surface area (Å²) in [5.41, 5.74) is 1.13. The Labute approximate surface area is 206 Å². The summed E-state index contributed by atoms with van der Waals surface area (Å²) in [4.78, 5) is 28.4. The zero-order valence-electron chi connectivity index (χ0n) is 20.7. The molecule has 0 atom stereocenters. The van der Waals surface area contributed by atoms with Gasteiger partial charge in [-0.3, -0.25) is 9.59 Å². The largest absolute Gasteiger partial charge is 0.493 e. The van der Waals surface area contributed by atoms with E-state index >= 15 is 0 Å². The molecule has 2 aromatic carbocycles. The normalized spacial score (nSPS) is 16.0. The Morgan fingerprint density at radius 3 is 2.09 bits per heavy atom. The van der Waals surface area contributed by atoms with E-state index in [2.05, 4.69) is 5.32 Å². The molecule has 1 saturated carbocycles. The number of piperidine rings is 1. The number of anilines is 1. The van der Waals surface area contributed by atoms with E-state index in [1.807, 2.05) is 4.90 Å². The minimum Gasteiger partial charge on any atom is -0.493 e. The molecule has 1 saturated heterocycles. The van der Waals surface area contributed by atoms with Gasteiger partial charge in [0.25, 0.3) is 11.8 Å². The number of ether oxygens (including phenoxy) is 4. The lowest BCUT2D eigenvalue weighted by Crippen LogP contribution is -2.36. The van der Waals surface area contributed by atoms with E-state index in [0.29, 0.717) is 52.9 Å². The number of hydrogen-bond acceptors (Lipinski definition) is 6. The van der Waals surface area contributed by atoms with Crippen LogP contribution < -0.4 is 24.3 Å². The Bertz CT molecular complexity index is 1060. The van der Waals surface area contributed by atoms with Crippen LogP contribution in [0.5, 0.6) is 23.0 Å². The molecular weight excluding hydrogens is 448 g/mol. The Morgan fingerprint density at radius 1 is 0.800 bits per heavy atom. The van der Waals surface area contributed by atoms with Gasteiger partial charge in [0.1, 0.15) is 0 Å². The molecule has 0 radical (unpaired) electrons. The first-order valence-electron chi connectivity index (χ1n) is 12.3. The molecule has 0 unspecified atom stereocenters. The first-order chi connectivity index (χ1) is 17.0. The number of methoxy groups -OCH3 is 3. The number of amides is 2. The van der Waals surface area contributed by atoms with Crippen molar-refractivity contribution in [2.24, 2.45) is 0 Å². The average molecular weight is 483 g/mol. The second-order valence-electron chi connectivity index (χ2n) is 8.95. The summed E-state index contributed by atoms with van der Waals surface area (Å²) in [5, 5.41) is 2.90. The minimum absolute atomic E-state index is 0.140. The van der Waals surface area contributed by atoms with Gasteiger partial charge in [0.2, 0.25) is 0 Å². The van der Waals surface area contributed by atoms with E-state index in [1.165, 1.54) is 14.2 Å². The molecule has 188 valence electrons. The molecule has 0 bridgehead atoms. The molecule has 2 fully saturated rings. The van der Waals surface area contributed by atoms with Crippen LogP contribution in [0, 0.1) is 0 Å². The van der Waals surface area contributed by atoms with Crippen LogP contribution in [0.1, 0.15) is 65.7 Å². The average Bonchev–Trinajstić information content (AvgIpc) is 3.41. The quantitative estimate of drug-likeness (QED) is 0.575. The van der Waals surface area contributed by atoms with Gasteiger partial charge < -0.3 is 29.2 Å². The SMILES string of the molecule is COc1cc(NC(=O)c2ccc(OC3CCCC3)c(OC)c2)c(C(=O)N2CCCCC2)cc1OC. The van der Waals surface area contributed by atoms with E-state index < -0.39 is 0 Å². The standard InChI is InChI=1S/C27H34N2O6/c1-32-23-15-18(11-12-22(23)35-19-9-5-6-10-19)26(30)28-21-17-25(34-3)24(33-2)16-20(21)27(31)29-13-7-4-8-14-29/h11-12,15-17,19H,4-10,13-14H2,1-3H3,(H,28,30). The fraction of sp³-hybridized carbons (Fsp3) is 0.481. The van der Waals surface area contributed by atoms with Crippen molar-refractivity contribution in [1.29, 1.82) is 0 Å². The van der Waals surface area contributed by atoms with Gasteiger partial charge in [-0.1, -0.05) is 0 Å². The fourth-order valence-corrected chi connectivity index (χ4v) is 4.71. The zero-order valence-corrected chi connectivity index (χ0v) is 20.7. The maximum absolute atomic E-state index is 13.4. The zero-order chi connectivity index (χ0) is 24.8. The molecule has 8 nitrogen and oxygen atoms in total. The fourth-order valence-electron chi connectivity index (χ4n) is 4.71. The summed E-state index contributed by atoms with van der Waals surface area (Å²) < 4.78 is 22.4. The smallest absolute Gasteiger partial charge is 0.256 e. The van der Waals surface area contributed by atoms with Gasteiger partial charge in [0.15, 0.2) is 23.0 Å². The van der Waals surface area contributed by atoms with Crippen molar-refractivity contribution in [1.82, 2.24) is 4.90 Å². The number of likely N-dealkylation sites (tertiary alicyclic amines) is 1. The summed E-state index contributed by atoms with van der Waals surface area (Å²) in [5.74, 6) is 1.48. The van der Waals surface area contributed by atoms with Crippen molar-refractivity contribution in [2.45, 2.75) is 51.0 Å².